The molecule has 0 atom stereocenters. The summed E-state index contributed by atoms with van der Waals surface area (Å²) in [6, 6.07) is 0.478. The summed E-state index contributed by atoms with van der Waals surface area (Å²) in [4.78, 5) is 20.0. The predicted molar refractivity (Wildman–Crippen MR) is 85.2 cm³/mol. The van der Waals surface area contributed by atoms with Crippen molar-refractivity contribution in [1.82, 2.24) is 19.9 Å². The zero-order valence-corrected chi connectivity index (χ0v) is 13.6. The molecule has 0 saturated carbocycles. The molecule has 0 amide bonds. The molecule has 1 aromatic rings. The Kier molecular flexibility index (Phi) is 4.45. The first-order chi connectivity index (χ1) is 10.1. The minimum atomic E-state index is 0.293. The second kappa shape index (κ2) is 6.32. The van der Waals surface area contributed by atoms with Crippen LogP contribution in [-0.2, 0) is 0 Å². The number of halogens is 1. The van der Waals surface area contributed by atoms with E-state index in [1.807, 2.05) is 0 Å². The molecular formula is C14H23ClN6. The summed E-state index contributed by atoms with van der Waals surface area (Å²) in [7, 11) is 4.23. The van der Waals surface area contributed by atoms with Crippen LogP contribution in [0.25, 0.3) is 0 Å². The fourth-order valence-electron chi connectivity index (χ4n) is 3.09. The van der Waals surface area contributed by atoms with Gasteiger partial charge in [-0.05, 0) is 57.4 Å². The molecule has 0 radical (unpaired) electrons. The van der Waals surface area contributed by atoms with Gasteiger partial charge in [0.25, 0.3) is 0 Å². The number of rotatable bonds is 3. The molecule has 2 aliphatic heterocycles. The van der Waals surface area contributed by atoms with Gasteiger partial charge in [0.2, 0.25) is 17.2 Å². The minimum Gasteiger partial charge on any atom is -0.341 e. The molecule has 6 nitrogen and oxygen atoms in total. The molecule has 3 rings (SSSR count). The second-order valence-corrected chi connectivity index (χ2v) is 6.38. The monoisotopic (exact) mass is 310 g/mol. The van der Waals surface area contributed by atoms with E-state index < -0.39 is 0 Å². The van der Waals surface area contributed by atoms with Gasteiger partial charge < -0.3 is 14.7 Å². The van der Waals surface area contributed by atoms with E-state index >= 15 is 0 Å². The largest absolute Gasteiger partial charge is 0.341 e. The minimum absolute atomic E-state index is 0.293. The van der Waals surface area contributed by atoms with Crippen molar-refractivity contribution in [3.63, 3.8) is 0 Å². The highest BCUT2D eigenvalue weighted by atomic mass is 35.5. The molecule has 1 aromatic heterocycles. The van der Waals surface area contributed by atoms with Gasteiger partial charge in [-0.25, -0.2) is 0 Å². The molecular weight excluding hydrogens is 288 g/mol. The van der Waals surface area contributed by atoms with Crippen LogP contribution in [0, 0.1) is 0 Å². The third-order valence-corrected chi connectivity index (χ3v) is 4.69. The molecule has 0 unspecified atom stereocenters. The highest BCUT2D eigenvalue weighted by molar-refractivity contribution is 6.28. The molecule has 2 fully saturated rings. The maximum absolute atomic E-state index is 6.11. The van der Waals surface area contributed by atoms with Gasteiger partial charge in [0, 0.05) is 26.2 Å². The lowest BCUT2D eigenvalue weighted by atomic mass is 10.0. The molecule has 2 saturated heterocycles. The van der Waals surface area contributed by atoms with E-state index in [4.69, 9.17) is 11.6 Å². The van der Waals surface area contributed by atoms with Gasteiger partial charge in [0.15, 0.2) is 0 Å². The Bertz CT molecular complexity index is 482. The standard InChI is InChI=1S/C14H23ClN6/c1-19-9-5-11(6-10-19)20(2)13-16-12(15)17-14(18-13)21-7-3-4-8-21/h11H,3-10H2,1-2H3. The van der Waals surface area contributed by atoms with E-state index in [-0.39, 0.29) is 0 Å². The second-order valence-electron chi connectivity index (χ2n) is 6.04. The Balaban J connectivity index is 1.77. The first kappa shape index (κ1) is 14.8. The van der Waals surface area contributed by atoms with E-state index in [0.29, 0.717) is 17.3 Å². The van der Waals surface area contributed by atoms with Crippen molar-refractivity contribution in [3.8, 4) is 0 Å². The zero-order chi connectivity index (χ0) is 14.8. The van der Waals surface area contributed by atoms with E-state index in [1.54, 1.807) is 0 Å². The van der Waals surface area contributed by atoms with E-state index in [9.17, 15) is 0 Å². The third kappa shape index (κ3) is 3.37. The molecule has 116 valence electrons. The van der Waals surface area contributed by atoms with Crippen molar-refractivity contribution in [3.05, 3.63) is 5.28 Å². The van der Waals surface area contributed by atoms with Crippen LogP contribution >= 0.6 is 11.6 Å². The normalized spacial score (nSPS) is 21.0. The summed E-state index contributed by atoms with van der Waals surface area (Å²) < 4.78 is 0. The Morgan fingerprint density at radius 2 is 1.71 bits per heavy atom. The Morgan fingerprint density at radius 3 is 2.38 bits per heavy atom. The van der Waals surface area contributed by atoms with Crippen molar-refractivity contribution in [2.75, 3.05) is 50.1 Å². The lowest BCUT2D eigenvalue weighted by molar-refractivity contribution is 0.252. The van der Waals surface area contributed by atoms with Crippen molar-refractivity contribution in [2.45, 2.75) is 31.7 Å². The van der Waals surface area contributed by atoms with Crippen molar-refractivity contribution >= 4 is 23.5 Å². The molecule has 2 aliphatic rings. The quantitative estimate of drug-likeness (QED) is 0.846. The Morgan fingerprint density at radius 1 is 1.05 bits per heavy atom. The summed E-state index contributed by atoms with van der Waals surface area (Å²) >= 11 is 6.11. The molecule has 7 heteroatoms. The molecule has 21 heavy (non-hydrogen) atoms. The fourth-order valence-corrected chi connectivity index (χ4v) is 3.24. The molecule has 0 bridgehead atoms. The van der Waals surface area contributed by atoms with Gasteiger partial charge in [-0.15, -0.1) is 0 Å². The van der Waals surface area contributed by atoms with Crippen molar-refractivity contribution in [2.24, 2.45) is 0 Å². The summed E-state index contributed by atoms with van der Waals surface area (Å²) in [5.74, 6) is 1.42. The van der Waals surface area contributed by atoms with E-state index in [1.165, 1.54) is 12.8 Å². The highest BCUT2D eigenvalue weighted by Crippen LogP contribution is 2.23. The summed E-state index contributed by atoms with van der Waals surface area (Å²) in [6.07, 6.45) is 4.66. The SMILES string of the molecule is CN1CCC(N(C)c2nc(Cl)nc(N3CCCC3)n2)CC1. The van der Waals surface area contributed by atoms with Gasteiger partial charge >= 0.3 is 0 Å². The van der Waals surface area contributed by atoms with Crippen LogP contribution in [0.4, 0.5) is 11.9 Å². The van der Waals surface area contributed by atoms with Crippen LogP contribution in [0.5, 0.6) is 0 Å². The number of anilines is 2. The van der Waals surface area contributed by atoms with Crippen LogP contribution in [0.2, 0.25) is 5.28 Å². The van der Waals surface area contributed by atoms with Gasteiger partial charge in [-0.2, -0.15) is 15.0 Å². The average molecular weight is 311 g/mol. The number of likely N-dealkylation sites (tertiary alicyclic amines) is 1. The first-order valence-electron chi connectivity index (χ1n) is 7.71. The lowest BCUT2D eigenvalue weighted by Crippen LogP contribution is -2.42. The molecule has 0 aliphatic carbocycles. The van der Waals surface area contributed by atoms with Crippen LogP contribution in [0.1, 0.15) is 25.7 Å². The van der Waals surface area contributed by atoms with Crippen molar-refractivity contribution < 1.29 is 0 Å². The molecule has 0 aromatic carbocycles. The number of aromatic nitrogens is 3. The van der Waals surface area contributed by atoms with Gasteiger partial charge in [-0.3, -0.25) is 0 Å². The van der Waals surface area contributed by atoms with E-state index in [2.05, 4.69) is 43.7 Å². The van der Waals surface area contributed by atoms with Crippen molar-refractivity contribution in [1.29, 1.82) is 0 Å². The number of hydrogen-bond acceptors (Lipinski definition) is 6. The lowest BCUT2D eigenvalue weighted by Gasteiger charge is -2.35. The number of piperidine rings is 1. The van der Waals surface area contributed by atoms with Crippen LogP contribution in [-0.4, -0.2) is 66.2 Å². The smallest absolute Gasteiger partial charge is 0.231 e. The summed E-state index contributed by atoms with van der Waals surface area (Å²) in [5.41, 5.74) is 0. The van der Waals surface area contributed by atoms with Gasteiger partial charge in [0.05, 0.1) is 0 Å². The maximum Gasteiger partial charge on any atom is 0.231 e. The number of hydrogen-bond donors (Lipinski definition) is 0. The molecule has 0 N–H and O–H groups in total. The number of nitrogens with zero attached hydrogens (tertiary/aromatic N) is 6. The van der Waals surface area contributed by atoms with Crippen LogP contribution in [0.15, 0.2) is 0 Å². The molecule has 0 spiro atoms. The Hall–Kier alpha value is -1.14. The molecule has 3 heterocycles. The predicted octanol–water partition coefficient (Wildman–Crippen LogP) is 1.66. The van der Waals surface area contributed by atoms with Gasteiger partial charge in [-0.1, -0.05) is 0 Å². The maximum atomic E-state index is 6.11. The summed E-state index contributed by atoms with van der Waals surface area (Å²) in [5, 5.41) is 0.293. The van der Waals surface area contributed by atoms with Gasteiger partial charge in [0.1, 0.15) is 0 Å². The Labute approximate surface area is 131 Å². The average Bonchev–Trinajstić information content (AvgIpc) is 3.01. The zero-order valence-electron chi connectivity index (χ0n) is 12.8. The first-order valence-corrected chi connectivity index (χ1v) is 8.09. The summed E-state index contributed by atoms with van der Waals surface area (Å²) in [6.45, 7) is 4.26. The fraction of sp³-hybridized carbons (Fsp3) is 0.786. The highest BCUT2D eigenvalue weighted by Gasteiger charge is 2.24. The van der Waals surface area contributed by atoms with E-state index in [0.717, 1.165) is 45.0 Å². The topological polar surface area (TPSA) is 48.4 Å². The third-order valence-electron chi connectivity index (χ3n) is 4.52. The van der Waals surface area contributed by atoms with Crippen LogP contribution < -0.4 is 9.80 Å². The van der Waals surface area contributed by atoms with Crippen LogP contribution in [0.3, 0.4) is 0 Å².